The van der Waals surface area contributed by atoms with Gasteiger partial charge in [-0.05, 0) is 31.2 Å². The summed E-state index contributed by atoms with van der Waals surface area (Å²) in [5.74, 6) is 0.0688. The zero-order chi connectivity index (χ0) is 13.7. The molecule has 0 saturated heterocycles. The van der Waals surface area contributed by atoms with E-state index >= 15 is 0 Å². The van der Waals surface area contributed by atoms with Gasteiger partial charge in [0.25, 0.3) is 0 Å². The zero-order valence-electron chi connectivity index (χ0n) is 10.5. The first kappa shape index (κ1) is 13.1. The maximum absolute atomic E-state index is 13.4. The first-order valence-corrected chi connectivity index (χ1v) is 5.98. The van der Waals surface area contributed by atoms with E-state index in [1.807, 2.05) is 0 Å². The number of amides is 1. The van der Waals surface area contributed by atoms with Gasteiger partial charge in [-0.3, -0.25) is 4.79 Å². The Morgan fingerprint density at radius 1 is 1.32 bits per heavy atom. The van der Waals surface area contributed by atoms with Crippen molar-refractivity contribution in [1.29, 1.82) is 0 Å². The number of para-hydroxylation sites is 1. The number of furan rings is 1. The van der Waals surface area contributed by atoms with E-state index in [-0.39, 0.29) is 11.7 Å². The molecule has 0 bridgehead atoms. The van der Waals surface area contributed by atoms with E-state index < -0.39 is 6.04 Å². The fourth-order valence-corrected chi connectivity index (χ4v) is 1.62. The summed E-state index contributed by atoms with van der Waals surface area (Å²) in [5, 5.41) is 5.53. The normalized spacial score (nSPS) is 11.9. The molecule has 2 N–H and O–H groups in total. The van der Waals surface area contributed by atoms with Gasteiger partial charge in [0.1, 0.15) is 17.6 Å². The van der Waals surface area contributed by atoms with Crippen LogP contribution in [0.4, 0.5) is 10.1 Å². The largest absolute Gasteiger partial charge is 0.467 e. The van der Waals surface area contributed by atoms with Gasteiger partial charge in [-0.15, -0.1) is 0 Å². The van der Waals surface area contributed by atoms with Crippen molar-refractivity contribution >= 4 is 11.6 Å². The quantitative estimate of drug-likeness (QED) is 0.870. The van der Waals surface area contributed by atoms with Crippen LogP contribution in [0, 0.1) is 5.82 Å². The highest BCUT2D eigenvalue weighted by atomic mass is 19.1. The van der Waals surface area contributed by atoms with Crippen LogP contribution in [0.5, 0.6) is 0 Å². The highest BCUT2D eigenvalue weighted by Gasteiger charge is 2.14. The number of rotatable bonds is 5. The van der Waals surface area contributed by atoms with Crippen LogP contribution in [0.2, 0.25) is 0 Å². The second-order valence-corrected chi connectivity index (χ2v) is 4.14. The third-order valence-corrected chi connectivity index (χ3v) is 2.66. The van der Waals surface area contributed by atoms with E-state index in [1.54, 1.807) is 43.5 Å². The summed E-state index contributed by atoms with van der Waals surface area (Å²) in [6, 6.07) is 9.23. The Hall–Kier alpha value is -2.30. The molecule has 0 spiro atoms. The molecular formula is C14H15FN2O2. The predicted octanol–water partition coefficient (Wildman–Crippen LogP) is 2.54. The number of hydrogen-bond donors (Lipinski definition) is 2. The second kappa shape index (κ2) is 6.04. The lowest BCUT2D eigenvalue weighted by Crippen LogP contribution is -2.37. The van der Waals surface area contributed by atoms with Crippen LogP contribution in [-0.4, -0.2) is 11.9 Å². The lowest BCUT2D eigenvalue weighted by molar-refractivity contribution is -0.121. The van der Waals surface area contributed by atoms with E-state index in [9.17, 15) is 9.18 Å². The Morgan fingerprint density at radius 2 is 2.11 bits per heavy atom. The van der Waals surface area contributed by atoms with E-state index in [0.29, 0.717) is 18.0 Å². The van der Waals surface area contributed by atoms with Gasteiger partial charge in [0.05, 0.1) is 18.5 Å². The molecule has 0 aliphatic rings. The molecule has 1 heterocycles. The summed E-state index contributed by atoms with van der Waals surface area (Å²) in [5.41, 5.74) is 0.308. The van der Waals surface area contributed by atoms with Gasteiger partial charge in [0.15, 0.2) is 0 Å². The molecule has 1 atom stereocenters. The Balaban J connectivity index is 1.87. The number of nitrogens with one attached hydrogen (secondary N) is 2. The SMILES string of the molecule is CC(Nc1ccccc1F)C(=O)NCc1ccco1. The minimum atomic E-state index is -0.535. The minimum Gasteiger partial charge on any atom is -0.467 e. The maximum atomic E-state index is 13.4. The molecule has 0 fully saturated rings. The average Bonchev–Trinajstić information content (AvgIpc) is 2.91. The van der Waals surface area contributed by atoms with E-state index in [1.165, 1.54) is 6.07 Å². The van der Waals surface area contributed by atoms with Crippen LogP contribution in [0.1, 0.15) is 12.7 Å². The van der Waals surface area contributed by atoms with Crippen LogP contribution in [0.25, 0.3) is 0 Å². The predicted molar refractivity (Wildman–Crippen MR) is 70.0 cm³/mol. The first-order chi connectivity index (χ1) is 9.16. The van der Waals surface area contributed by atoms with E-state index in [2.05, 4.69) is 10.6 Å². The van der Waals surface area contributed by atoms with Crippen molar-refractivity contribution in [3.05, 3.63) is 54.2 Å². The second-order valence-electron chi connectivity index (χ2n) is 4.14. The topological polar surface area (TPSA) is 54.3 Å². The molecule has 2 rings (SSSR count). The first-order valence-electron chi connectivity index (χ1n) is 5.98. The molecular weight excluding hydrogens is 247 g/mol. The van der Waals surface area contributed by atoms with Crippen LogP contribution >= 0.6 is 0 Å². The Labute approximate surface area is 110 Å². The van der Waals surface area contributed by atoms with Gasteiger partial charge in [-0.2, -0.15) is 0 Å². The molecule has 2 aromatic rings. The van der Waals surface area contributed by atoms with E-state index in [0.717, 1.165) is 0 Å². The average molecular weight is 262 g/mol. The molecule has 1 aromatic carbocycles. The summed E-state index contributed by atoms with van der Waals surface area (Å²) in [6.45, 7) is 1.99. The van der Waals surface area contributed by atoms with Crippen LogP contribution in [0.3, 0.4) is 0 Å². The molecule has 1 amide bonds. The monoisotopic (exact) mass is 262 g/mol. The molecule has 1 aromatic heterocycles. The molecule has 0 aliphatic carbocycles. The summed E-state index contributed by atoms with van der Waals surface area (Å²) in [6.07, 6.45) is 1.54. The summed E-state index contributed by atoms with van der Waals surface area (Å²) in [7, 11) is 0. The number of carbonyl (C=O) groups excluding carboxylic acids is 1. The van der Waals surface area contributed by atoms with Crippen molar-refractivity contribution in [1.82, 2.24) is 5.32 Å². The van der Waals surface area contributed by atoms with Crippen LogP contribution in [0.15, 0.2) is 47.1 Å². The van der Waals surface area contributed by atoms with Gasteiger partial charge in [0, 0.05) is 0 Å². The fraction of sp³-hybridized carbons (Fsp3) is 0.214. The summed E-state index contributed by atoms with van der Waals surface area (Å²) < 4.78 is 18.5. The lowest BCUT2D eigenvalue weighted by Gasteiger charge is -2.15. The van der Waals surface area contributed by atoms with Crippen LogP contribution in [-0.2, 0) is 11.3 Å². The van der Waals surface area contributed by atoms with Crippen molar-refractivity contribution in [3.8, 4) is 0 Å². The van der Waals surface area contributed by atoms with Crippen LogP contribution < -0.4 is 10.6 Å². The van der Waals surface area contributed by atoms with Crippen molar-refractivity contribution < 1.29 is 13.6 Å². The van der Waals surface area contributed by atoms with Gasteiger partial charge in [0.2, 0.25) is 5.91 Å². The third kappa shape index (κ3) is 3.58. The number of anilines is 1. The summed E-state index contributed by atoms with van der Waals surface area (Å²) in [4.78, 5) is 11.8. The lowest BCUT2D eigenvalue weighted by atomic mass is 10.2. The molecule has 0 saturated carbocycles. The Morgan fingerprint density at radius 3 is 2.79 bits per heavy atom. The summed E-state index contributed by atoms with van der Waals surface area (Å²) >= 11 is 0. The maximum Gasteiger partial charge on any atom is 0.242 e. The van der Waals surface area contributed by atoms with Gasteiger partial charge >= 0.3 is 0 Å². The number of hydrogen-bond acceptors (Lipinski definition) is 3. The highest BCUT2D eigenvalue weighted by molar-refractivity contribution is 5.84. The highest BCUT2D eigenvalue weighted by Crippen LogP contribution is 2.13. The van der Waals surface area contributed by atoms with Crippen molar-refractivity contribution in [3.63, 3.8) is 0 Å². The van der Waals surface area contributed by atoms with Gasteiger partial charge in [-0.1, -0.05) is 12.1 Å². The van der Waals surface area contributed by atoms with Crippen molar-refractivity contribution in [2.45, 2.75) is 19.5 Å². The van der Waals surface area contributed by atoms with E-state index in [4.69, 9.17) is 4.42 Å². The molecule has 100 valence electrons. The standard InChI is InChI=1S/C14H15FN2O2/c1-10(17-13-7-3-2-6-12(13)15)14(18)16-9-11-5-4-8-19-11/h2-8,10,17H,9H2,1H3,(H,16,18). The zero-order valence-corrected chi connectivity index (χ0v) is 10.5. The molecule has 0 radical (unpaired) electrons. The molecule has 4 nitrogen and oxygen atoms in total. The Kier molecular flexibility index (Phi) is 4.18. The van der Waals surface area contributed by atoms with Crippen molar-refractivity contribution in [2.75, 3.05) is 5.32 Å². The smallest absolute Gasteiger partial charge is 0.242 e. The van der Waals surface area contributed by atoms with Gasteiger partial charge in [-0.25, -0.2) is 4.39 Å². The number of benzene rings is 1. The Bertz CT molecular complexity index is 540. The fourth-order valence-electron chi connectivity index (χ4n) is 1.62. The van der Waals surface area contributed by atoms with Crippen molar-refractivity contribution in [2.24, 2.45) is 0 Å². The number of halogens is 1. The molecule has 5 heteroatoms. The van der Waals surface area contributed by atoms with Gasteiger partial charge < -0.3 is 15.1 Å². The number of carbonyl (C=O) groups is 1. The minimum absolute atomic E-state index is 0.223. The molecule has 1 unspecified atom stereocenters. The molecule has 19 heavy (non-hydrogen) atoms. The molecule has 0 aliphatic heterocycles. The third-order valence-electron chi connectivity index (χ3n) is 2.66.